The van der Waals surface area contributed by atoms with Gasteiger partial charge in [-0.05, 0) is 12.8 Å². The van der Waals surface area contributed by atoms with E-state index in [1.165, 1.54) is 0 Å². The van der Waals surface area contributed by atoms with Crippen LogP contribution in [-0.2, 0) is 6.42 Å². The zero-order valence-electron chi connectivity index (χ0n) is 10.8. The lowest BCUT2D eigenvalue weighted by Gasteiger charge is -2.11. The van der Waals surface area contributed by atoms with E-state index in [0.29, 0.717) is 12.4 Å². The van der Waals surface area contributed by atoms with E-state index in [0.717, 1.165) is 5.69 Å². The fourth-order valence-electron chi connectivity index (χ4n) is 1.45. The highest BCUT2D eigenvalue weighted by atomic mass is 19.4. The first-order valence-electron chi connectivity index (χ1n) is 6.00. The van der Waals surface area contributed by atoms with Crippen molar-refractivity contribution in [2.45, 2.75) is 45.7 Å². The standard InChI is InChI=1S/C12H18F3N3/c1-4-16-11-7-9(8(2)3)17-10(18-11)5-6-12(13,14)15/h7-8H,4-6H2,1-3H3,(H,16,17,18). The SMILES string of the molecule is CCNc1cc(C(C)C)nc(CCC(F)(F)F)n1. The second kappa shape index (κ2) is 6.02. The Morgan fingerprint density at radius 3 is 2.44 bits per heavy atom. The minimum atomic E-state index is -4.17. The first-order chi connectivity index (χ1) is 8.31. The van der Waals surface area contributed by atoms with E-state index >= 15 is 0 Å². The van der Waals surface area contributed by atoms with Gasteiger partial charge >= 0.3 is 6.18 Å². The molecule has 0 fully saturated rings. The molecule has 0 bridgehead atoms. The summed E-state index contributed by atoms with van der Waals surface area (Å²) < 4.78 is 36.5. The molecule has 0 radical (unpaired) electrons. The zero-order chi connectivity index (χ0) is 13.8. The van der Waals surface area contributed by atoms with Gasteiger partial charge in [-0.1, -0.05) is 13.8 Å². The maximum atomic E-state index is 12.2. The molecule has 102 valence electrons. The Morgan fingerprint density at radius 1 is 1.28 bits per heavy atom. The third-order valence-electron chi connectivity index (χ3n) is 2.37. The maximum Gasteiger partial charge on any atom is 0.389 e. The molecule has 0 unspecified atom stereocenters. The van der Waals surface area contributed by atoms with Crippen LogP contribution >= 0.6 is 0 Å². The van der Waals surface area contributed by atoms with Gasteiger partial charge in [-0.25, -0.2) is 9.97 Å². The van der Waals surface area contributed by atoms with Crippen molar-refractivity contribution in [1.29, 1.82) is 0 Å². The molecule has 0 spiro atoms. The van der Waals surface area contributed by atoms with Crippen molar-refractivity contribution in [1.82, 2.24) is 9.97 Å². The average molecular weight is 261 g/mol. The predicted octanol–water partition coefficient (Wildman–Crippen LogP) is 3.53. The average Bonchev–Trinajstić information content (AvgIpc) is 2.25. The number of hydrogen-bond acceptors (Lipinski definition) is 3. The van der Waals surface area contributed by atoms with Gasteiger partial charge in [0.05, 0.1) is 6.42 Å². The monoisotopic (exact) mass is 261 g/mol. The Morgan fingerprint density at radius 2 is 1.94 bits per heavy atom. The molecular formula is C12H18F3N3. The van der Waals surface area contributed by atoms with Crippen LogP contribution in [-0.4, -0.2) is 22.7 Å². The van der Waals surface area contributed by atoms with Crippen molar-refractivity contribution in [3.63, 3.8) is 0 Å². The van der Waals surface area contributed by atoms with E-state index in [2.05, 4.69) is 15.3 Å². The minimum Gasteiger partial charge on any atom is -0.370 e. The smallest absolute Gasteiger partial charge is 0.370 e. The number of nitrogens with one attached hydrogen (secondary N) is 1. The van der Waals surface area contributed by atoms with Gasteiger partial charge in [0.15, 0.2) is 0 Å². The normalized spacial score (nSPS) is 11.9. The summed E-state index contributed by atoms with van der Waals surface area (Å²) >= 11 is 0. The molecule has 1 heterocycles. The lowest BCUT2D eigenvalue weighted by atomic mass is 10.1. The number of halogens is 3. The van der Waals surface area contributed by atoms with Crippen LogP contribution in [0.25, 0.3) is 0 Å². The molecule has 0 atom stereocenters. The summed E-state index contributed by atoms with van der Waals surface area (Å²) in [5.74, 6) is 0.998. The molecule has 6 heteroatoms. The number of aryl methyl sites for hydroxylation is 1. The molecule has 18 heavy (non-hydrogen) atoms. The molecule has 0 saturated carbocycles. The number of alkyl halides is 3. The van der Waals surface area contributed by atoms with E-state index in [4.69, 9.17) is 0 Å². The molecule has 1 aromatic rings. The summed E-state index contributed by atoms with van der Waals surface area (Å²) in [5, 5.41) is 3.01. The van der Waals surface area contributed by atoms with Gasteiger partial charge in [-0.2, -0.15) is 13.2 Å². The fraction of sp³-hybridized carbons (Fsp3) is 0.667. The van der Waals surface area contributed by atoms with E-state index in [-0.39, 0.29) is 18.2 Å². The fourth-order valence-corrected chi connectivity index (χ4v) is 1.45. The summed E-state index contributed by atoms with van der Waals surface area (Å²) in [6.07, 6.45) is -5.24. The molecule has 1 aromatic heterocycles. The van der Waals surface area contributed by atoms with Crippen molar-refractivity contribution in [2.24, 2.45) is 0 Å². The van der Waals surface area contributed by atoms with Crippen LogP contribution in [0, 0.1) is 0 Å². The third-order valence-corrected chi connectivity index (χ3v) is 2.37. The van der Waals surface area contributed by atoms with Crippen molar-refractivity contribution >= 4 is 5.82 Å². The number of anilines is 1. The quantitative estimate of drug-likeness (QED) is 0.881. The van der Waals surface area contributed by atoms with Crippen LogP contribution < -0.4 is 5.32 Å². The molecule has 3 nitrogen and oxygen atoms in total. The summed E-state index contributed by atoms with van der Waals surface area (Å²) in [5.41, 5.74) is 0.762. The van der Waals surface area contributed by atoms with E-state index < -0.39 is 12.6 Å². The number of nitrogens with zero attached hydrogens (tertiary/aromatic N) is 2. The molecule has 0 amide bonds. The van der Waals surface area contributed by atoms with Crippen LogP contribution in [0.1, 0.15) is 44.6 Å². The van der Waals surface area contributed by atoms with Crippen LogP contribution in [0.4, 0.5) is 19.0 Å². The van der Waals surface area contributed by atoms with Gasteiger partial charge in [-0.3, -0.25) is 0 Å². The topological polar surface area (TPSA) is 37.8 Å². The van der Waals surface area contributed by atoms with Gasteiger partial charge in [0.1, 0.15) is 11.6 Å². The number of hydrogen-bond donors (Lipinski definition) is 1. The zero-order valence-corrected chi connectivity index (χ0v) is 10.8. The van der Waals surface area contributed by atoms with Crippen LogP contribution in [0.5, 0.6) is 0 Å². The van der Waals surface area contributed by atoms with Crippen molar-refractivity contribution < 1.29 is 13.2 Å². The highest BCUT2D eigenvalue weighted by Gasteiger charge is 2.27. The highest BCUT2D eigenvalue weighted by molar-refractivity contribution is 5.36. The van der Waals surface area contributed by atoms with Gasteiger partial charge < -0.3 is 5.32 Å². The van der Waals surface area contributed by atoms with Crippen LogP contribution in [0.2, 0.25) is 0 Å². The van der Waals surface area contributed by atoms with E-state index in [1.54, 1.807) is 6.07 Å². The molecule has 0 aromatic carbocycles. The summed E-state index contributed by atoms with van der Waals surface area (Å²) in [4.78, 5) is 8.25. The third kappa shape index (κ3) is 4.89. The van der Waals surface area contributed by atoms with Crippen molar-refractivity contribution in [2.75, 3.05) is 11.9 Å². The molecular weight excluding hydrogens is 243 g/mol. The van der Waals surface area contributed by atoms with Crippen LogP contribution in [0.3, 0.4) is 0 Å². The second-order valence-corrected chi connectivity index (χ2v) is 4.39. The van der Waals surface area contributed by atoms with Gasteiger partial charge in [-0.15, -0.1) is 0 Å². The maximum absolute atomic E-state index is 12.2. The van der Waals surface area contributed by atoms with Gasteiger partial charge in [0, 0.05) is 24.7 Å². The number of rotatable bonds is 5. The van der Waals surface area contributed by atoms with E-state index in [9.17, 15) is 13.2 Å². The van der Waals surface area contributed by atoms with E-state index in [1.807, 2.05) is 20.8 Å². The van der Waals surface area contributed by atoms with Crippen molar-refractivity contribution in [3.05, 3.63) is 17.6 Å². The summed E-state index contributed by atoms with van der Waals surface area (Å²) in [6.45, 7) is 6.48. The molecule has 1 rings (SSSR count). The lowest BCUT2D eigenvalue weighted by molar-refractivity contribution is -0.134. The minimum absolute atomic E-state index is 0.162. The highest BCUT2D eigenvalue weighted by Crippen LogP contribution is 2.22. The molecule has 0 aliphatic carbocycles. The van der Waals surface area contributed by atoms with Crippen molar-refractivity contribution in [3.8, 4) is 0 Å². The molecule has 0 saturated heterocycles. The Labute approximate surface area is 105 Å². The van der Waals surface area contributed by atoms with Gasteiger partial charge in [0.2, 0.25) is 0 Å². The molecule has 0 aliphatic heterocycles. The summed E-state index contributed by atoms with van der Waals surface area (Å²) in [7, 11) is 0. The Balaban J connectivity index is 2.89. The molecule has 0 aliphatic rings. The van der Waals surface area contributed by atoms with Crippen LogP contribution in [0.15, 0.2) is 6.07 Å². The molecule has 1 N–H and O–H groups in total. The largest absolute Gasteiger partial charge is 0.389 e. The Kier molecular flexibility index (Phi) is 4.93. The second-order valence-electron chi connectivity index (χ2n) is 4.39. The Bertz CT molecular complexity index is 389. The Hall–Kier alpha value is -1.33. The number of aromatic nitrogens is 2. The lowest BCUT2D eigenvalue weighted by Crippen LogP contribution is -2.12. The van der Waals surface area contributed by atoms with Gasteiger partial charge in [0.25, 0.3) is 0 Å². The summed E-state index contributed by atoms with van der Waals surface area (Å²) in [6, 6.07) is 1.78. The first-order valence-corrected chi connectivity index (χ1v) is 6.00. The first kappa shape index (κ1) is 14.7. The predicted molar refractivity (Wildman–Crippen MR) is 64.7 cm³/mol.